The predicted octanol–water partition coefficient (Wildman–Crippen LogP) is -0.753. The Kier molecular flexibility index (Phi) is 8.00. The highest BCUT2D eigenvalue weighted by molar-refractivity contribution is 4.86. The SMILES string of the molecule is CC(C)(C)CNC(NC#N)NCC(C)(C)NC(N)NC#N. The van der Waals surface area contributed by atoms with Crippen LogP contribution in [0, 0.1) is 28.3 Å². The fourth-order valence-electron chi connectivity index (χ4n) is 1.58. The maximum absolute atomic E-state index is 8.79. The van der Waals surface area contributed by atoms with Crippen LogP contribution in [0.15, 0.2) is 0 Å². The Hall–Kier alpha value is -1.58. The van der Waals surface area contributed by atoms with E-state index in [0.717, 1.165) is 6.54 Å². The van der Waals surface area contributed by atoms with E-state index in [1.54, 1.807) is 6.19 Å². The molecule has 0 aliphatic carbocycles. The van der Waals surface area contributed by atoms with Gasteiger partial charge in [0.05, 0.1) is 0 Å². The molecule has 8 heteroatoms. The van der Waals surface area contributed by atoms with Crippen LogP contribution in [0.1, 0.15) is 34.6 Å². The maximum atomic E-state index is 8.79. The van der Waals surface area contributed by atoms with E-state index in [1.165, 1.54) is 0 Å². The molecule has 2 atom stereocenters. The van der Waals surface area contributed by atoms with Crippen molar-refractivity contribution >= 4 is 0 Å². The number of nitrogens with one attached hydrogen (secondary N) is 5. The highest BCUT2D eigenvalue weighted by Crippen LogP contribution is 2.10. The summed E-state index contributed by atoms with van der Waals surface area (Å²) in [4.78, 5) is 0. The molecule has 0 spiro atoms. The molecule has 0 aliphatic rings. The summed E-state index contributed by atoms with van der Waals surface area (Å²) < 4.78 is 0. The Balaban J connectivity index is 4.33. The summed E-state index contributed by atoms with van der Waals surface area (Å²) in [6.07, 6.45) is 2.77. The van der Waals surface area contributed by atoms with Crippen LogP contribution in [0.5, 0.6) is 0 Å². The molecule has 0 aliphatic heterocycles. The molecule has 0 saturated carbocycles. The summed E-state index contributed by atoms with van der Waals surface area (Å²) in [5.74, 6) is 0. The summed E-state index contributed by atoms with van der Waals surface area (Å²) in [5, 5.41) is 31.9. The molecule has 0 fully saturated rings. The minimum Gasteiger partial charge on any atom is -0.298 e. The van der Waals surface area contributed by atoms with Crippen LogP contribution in [-0.2, 0) is 0 Å². The van der Waals surface area contributed by atoms with Gasteiger partial charge in [0.2, 0.25) is 0 Å². The second kappa shape index (κ2) is 8.65. The van der Waals surface area contributed by atoms with Gasteiger partial charge in [0.1, 0.15) is 12.6 Å². The van der Waals surface area contributed by atoms with Crippen LogP contribution in [-0.4, -0.2) is 31.2 Å². The zero-order chi connectivity index (χ0) is 16.5. The molecule has 120 valence electrons. The van der Waals surface area contributed by atoms with E-state index in [0.29, 0.717) is 6.54 Å². The Morgan fingerprint density at radius 3 is 1.95 bits per heavy atom. The highest BCUT2D eigenvalue weighted by Gasteiger charge is 2.22. The van der Waals surface area contributed by atoms with Crippen molar-refractivity contribution in [3.63, 3.8) is 0 Å². The fraction of sp³-hybridized carbons (Fsp3) is 0.846. The van der Waals surface area contributed by atoms with Gasteiger partial charge < -0.3 is 0 Å². The van der Waals surface area contributed by atoms with E-state index in [1.807, 2.05) is 20.0 Å². The normalized spacial score (nSPS) is 14.7. The molecule has 8 nitrogen and oxygen atoms in total. The van der Waals surface area contributed by atoms with Crippen LogP contribution in [0.2, 0.25) is 0 Å². The third-order valence-electron chi connectivity index (χ3n) is 2.56. The molecule has 0 aromatic heterocycles. The van der Waals surface area contributed by atoms with Crippen molar-refractivity contribution in [2.75, 3.05) is 13.1 Å². The third kappa shape index (κ3) is 10.8. The second-order valence-electron chi connectivity index (χ2n) is 6.77. The summed E-state index contributed by atoms with van der Waals surface area (Å²) in [5.41, 5.74) is 5.45. The molecule has 7 N–H and O–H groups in total. The van der Waals surface area contributed by atoms with Crippen LogP contribution in [0.3, 0.4) is 0 Å². The van der Waals surface area contributed by atoms with E-state index >= 15 is 0 Å². The molecule has 0 aromatic carbocycles. The number of nitrogens with zero attached hydrogens (tertiary/aromatic N) is 2. The average molecular weight is 296 g/mol. The molecule has 21 heavy (non-hydrogen) atoms. The predicted molar refractivity (Wildman–Crippen MR) is 81.9 cm³/mol. The number of hydrogen-bond donors (Lipinski definition) is 6. The van der Waals surface area contributed by atoms with E-state index in [2.05, 4.69) is 47.4 Å². The number of nitriles is 2. The lowest BCUT2D eigenvalue weighted by molar-refractivity contribution is 0.261. The molecule has 0 radical (unpaired) electrons. The zero-order valence-electron chi connectivity index (χ0n) is 13.5. The van der Waals surface area contributed by atoms with Crippen molar-refractivity contribution in [3.05, 3.63) is 0 Å². The Bertz CT molecular complexity index is 373. The first-order valence-electron chi connectivity index (χ1n) is 6.89. The molecule has 2 unspecified atom stereocenters. The third-order valence-corrected chi connectivity index (χ3v) is 2.56. The van der Waals surface area contributed by atoms with Crippen molar-refractivity contribution in [1.29, 1.82) is 10.5 Å². The first-order valence-corrected chi connectivity index (χ1v) is 6.89. The lowest BCUT2D eigenvalue weighted by Crippen LogP contribution is -2.62. The second-order valence-corrected chi connectivity index (χ2v) is 6.77. The van der Waals surface area contributed by atoms with Crippen LogP contribution in [0.4, 0.5) is 0 Å². The van der Waals surface area contributed by atoms with Gasteiger partial charge in [-0.1, -0.05) is 20.8 Å². The van der Waals surface area contributed by atoms with Gasteiger partial charge in [0.25, 0.3) is 0 Å². The van der Waals surface area contributed by atoms with Crippen molar-refractivity contribution in [3.8, 4) is 12.4 Å². The van der Waals surface area contributed by atoms with E-state index in [-0.39, 0.29) is 17.2 Å². The Morgan fingerprint density at radius 1 is 0.952 bits per heavy atom. The van der Waals surface area contributed by atoms with Gasteiger partial charge in [0, 0.05) is 18.6 Å². The quantitative estimate of drug-likeness (QED) is 0.186. The first-order chi connectivity index (χ1) is 9.59. The van der Waals surface area contributed by atoms with Crippen molar-refractivity contribution in [1.82, 2.24) is 26.6 Å². The van der Waals surface area contributed by atoms with Crippen LogP contribution in [0.25, 0.3) is 0 Å². The standard InChI is InChI=1S/C13H28N8/c1-12(2,3)6-17-11(20-9-15)18-7-13(4,5)21-10(16)19-8-14/h10-11,17-21H,6-7,16H2,1-5H3. The number of rotatable bonds is 9. The fourth-order valence-corrected chi connectivity index (χ4v) is 1.58. The van der Waals surface area contributed by atoms with Gasteiger partial charge in [-0.2, -0.15) is 10.5 Å². The van der Waals surface area contributed by atoms with Crippen molar-refractivity contribution in [2.24, 2.45) is 11.1 Å². The smallest absolute Gasteiger partial charge is 0.178 e. The number of hydrogen-bond acceptors (Lipinski definition) is 8. The summed E-state index contributed by atoms with van der Waals surface area (Å²) in [6.45, 7) is 11.5. The molecule has 0 bridgehead atoms. The van der Waals surface area contributed by atoms with E-state index in [9.17, 15) is 0 Å². The maximum Gasteiger partial charge on any atom is 0.178 e. The average Bonchev–Trinajstić information content (AvgIpc) is 2.31. The lowest BCUT2D eigenvalue weighted by atomic mass is 9.97. The summed E-state index contributed by atoms with van der Waals surface area (Å²) >= 11 is 0. The molecule has 0 amide bonds. The molecule has 0 aromatic rings. The Labute approximate surface area is 127 Å². The van der Waals surface area contributed by atoms with Crippen molar-refractivity contribution < 1.29 is 0 Å². The monoisotopic (exact) mass is 296 g/mol. The topological polar surface area (TPSA) is 134 Å². The Morgan fingerprint density at radius 2 is 1.48 bits per heavy atom. The summed E-state index contributed by atoms with van der Waals surface area (Å²) in [7, 11) is 0. The van der Waals surface area contributed by atoms with Crippen LogP contribution >= 0.6 is 0 Å². The van der Waals surface area contributed by atoms with Crippen LogP contribution < -0.4 is 32.3 Å². The molecule has 0 rings (SSSR count). The molecule has 0 heterocycles. The van der Waals surface area contributed by atoms with E-state index < -0.39 is 6.29 Å². The largest absolute Gasteiger partial charge is 0.298 e. The summed E-state index contributed by atoms with van der Waals surface area (Å²) in [6, 6.07) is 0. The lowest BCUT2D eigenvalue weighted by Gasteiger charge is -2.32. The molecular weight excluding hydrogens is 268 g/mol. The minimum atomic E-state index is -0.614. The molecular formula is C13H28N8. The number of nitrogens with two attached hydrogens (primary N) is 1. The first kappa shape index (κ1) is 19.4. The van der Waals surface area contributed by atoms with Gasteiger partial charge in [-0.15, -0.1) is 0 Å². The van der Waals surface area contributed by atoms with E-state index in [4.69, 9.17) is 16.3 Å². The zero-order valence-corrected chi connectivity index (χ0v) is 13.5. The van der Waals surface area contributed by atoms with Gasteiger partial charge in [0.15, 0.2) is 12.4 Å². The van der Waals surface area contributed by atoms with Gasteiger partial charge >= 0.3 is 0 Å². The highest BCUT2D eigenvalue weighted by atomic mass is 15.3. The van der Waals surface area contributed by atoms with Gasteiger partial charge in [-0.3, -0.25) is 32.3 Å². The molecule has 0 saturated heterocycles. The van der Waals surface area contributed by atoms with Crippen molar-refractivity contribution in [2.45, 2.75) is 52.7 Å². The van der Waals surface area contributed by atoms with Gasteiger partial charge in [-0.05, 0) is 19.3 Å². The van der Waals surface area contributed by atoms with Gasteiger partial charge in [-0.25, -0.2) is 0 Å². The minimum absolute atomic E-state index is 0.115.